The van der Waals surface area contributed by atoms with Crippen molar-refractivity contribution in [2.75, 3.05) is 38.6 Å². The van der Waals surface area contributed by atoms with Gasteiger partial charge in [0.25, 0.3) is 0 Å². The Balaban J connectivity index is 1.25. The largest absolute Gasteiger partial charge is 0.444 e. The summed E-state index contributed by atoms with van der Waals surface area (Å²) in [4.78, 5) is 27.6. The zero-order chi connectivity index (χ0) is 32.1. The molecule has 2 fully saturated rings. The van der Waals surface area contributed by atoms with Crippen molar-refractivity contribution >= 4 is 17.9 Å². The lowest BCUT2D eigenvalue weighted by molar-refractivity contribution is 0.0204. The molecule has 242 valence electrons. The second-order valence-electron chi connectivity index (χ2n) is 12.7. The molecule has 3 amide bonds. The number of likely N-dealkylation sites (tertiary alicyclic amines) is 1. The summed E-state index contributed by atoms with van der Waals surface area (Å²) in [6.45, 7) is 7.89. The number of carbonyl (C=O) groups is 2. The number of piperidine rings is 1. The molecule has 3 atom stereocenters. The predicted molar refractivity (Wildman–Crippen MR) is 166 cm³/mol. The van der Waals surface area contributed by atoms with Crippen molar-refractivity contribution in [1.82, 2.24) is 25.3 Å². The molecule has 1 unspecified atom stereocenters. The molecule has 2 aliphatic heterocycles. The van der Waals surface area contributed by atoms with Crippen molar-refractivity contribution in [1.29, 1.82) is 0 Å². The Morgan fingerprint density at radius 1 is 1.04 bits per heavy atom. The molecule has 3 heterocycles. The number of nitrogens with zero attached hydrogens (tertiary/aromatic N) is 3. The predicted octanol–water partition coefficient (Wildman–Crippen LogP) is 5.75. The second kappa shape index (κ2) is 13.9. The zero-order valence-electron chi connectivity index (χ0n) is 26.2. The summed E-state index contributed by atoms with van der Waals surface area (Å²) in [7, 11) is 1.53. The Morgan fingerprint density at radius 3 is 2.44 bits per heavy atom. The van der Waals surface area contributed by atoms with Crippen LogP contribution < -0.4 is 16.0 Å². The van der Waals surface area contributed by atoms with Crippen LogP contribution in [0.5, 0.6) is 0 Å². The van der Waals surface area contributed by atoms with Gasteiger partial charge in [-0.05, 0) is 75.8 Å². The van der Waals surface area contributed by atoms with Gasteiger partial charge in [-0.2, -0.15) is 5.10 Å². The van der Waals surface area contributed by atoms with Gasteiger partial charge in [-0.3, -0.25) is 5.32 Å². The average molecular weight is 625 g/mol. The van der Waals surface area contributed by atoms with Crippen LogP contribution in [0.15, 0.2) is 54.6 Å². The van der Waals surface area contributed by atoms with E-state index in [1.807, 2.05) is 57.2 Å². The number of carbonyl (C=O) groups excluding carboxylic acids is 2. The molecule has 3 N–H and O–H groups in total. The summed E-state index contributed by atoms with van der Waals surface area (Å²) in [5, 5.41) is 14.3. The van der Waals surface area contributed by atoms with Gasteiger partial charge in [0, 0.05) is 51.3 Å². The van der Waals surface area contributed by atoms with Crippen molar-refractivity contribution < 1.29 is 27.8 Å². The summed E-state index contributed by atoms with van der Waals surface area (Å²) in [5.74, 6) is -1.18. The van der Waals surface area contributed by atoms with E-state index in [1.54, 1.807) is 9.58 Å². The summed E-state index contributed by atoms with van der Waals surface area (Å²) >= 11 is 0. The number of hydrogen-bond donors (Lipinski definition) is 3. The topological polar surface area (TPSA) is 110 Å². The number of hydrogen-bond acceptors (Lipinski definition) is 6. The van der Waals surface area contributed by atoms with E-state index in [4.69, 9.17) is 14.6 Å². The van der Waals surface area contributed by atoms with Gasteiger partial charge in [0.05, 0.1) is 17.5 Å². The van der Waals surface area contributed by atoms with Gasteiger partial charge in [0.15, 0.2) is 11.6 Å². The lowest BCUT2D eigenvalue weighted by Gasteiger charge is -2.32. The molecular formula is C33H42F2N6O4. The molecule has 0 saturated carbocycles. The van der Waals surface area contributed by atoms with Gasteiger partial charge in [0.1, 0.15) is 11.4 Å². The first-order chi connectivity index (χ1) is 21.5. The minimum Gasteiger partial charge on any atom is -0.444 e. The molecule has 45 heavy (non-hydrogen) atoms. The average Bonchev–Trinajstić information content (AvgIpc) is 3.63. The summed E-state index contributed by atoms with van der Waals surface area (Å²) < 4.78 is 40.3. The molecule has 5 rings (SSSR count). The highest BCUT2D eigenvalue weighted by molar-refractivity contribution is 5.89. The van der Waals surface area contributed by atoms with E-state index in [9.17, 15) is 18.4 Å². The lowest BCUT2D eigenvalue weighted by Crippen LogP contribution is -2.43. The highest BCUT2D eigenvalue weighted by Crippen LogP contribution is 2.32. The monoisotopic (exact) mass is 624 g/mol. The van der Waals surface area contributed by atoms with Gasteiger partial charge >= 0.3 is 12.1 Å². The van der Waals surface area contributed by atoms with Crippen LogP contribution in [0.3, 0.4) is 0 Å². The number of para-hydroxylation sites is 1. The lowest BCUT2D eigenvalue weighted by atomic mass is 9.93. The van der Waals surface area contributed by atoms with Crippen LogP contribution in [0.4, 0.5) is 24.2 Å². The van der Waals surface area contributed by atoms with Gasteiger partial charge in [-0.15, -0.1) is 0 Å². The third-order valence-electron chi connectivity index (χ3n) is 8.31. The van der Waals surface area contributed by atoms with E-state index >= 15 is 0 Å². The number of amides is 3. The van der Waals surface area contributed by atoms with Gasteiger partial charge < -0.3 is 25.0 Å². The Morgan fingerprint density at radius 2 is 1.78 bits per heavy atom. The number of urea groups is 1. The standard InChI is InChI=1S/C33H42F2N6O4/c1-33(2,3)45-32(43)40-14-12-21(13-15-40)27-18-30(41(39-27)24-8-6-5-7-9-24)38-31(42)37-28-20-36-19-23(28)17-29(44-4)22-10-11-25(34)26(35)16-22/h5-11,16,18,21,23,28-29,36H,12-15,17,19-20H2,1-4H3,(H2,37,38,42)/t23-,28-,29?/m1/s1. The van der Waals surface area contributed by atoms with E-state index in [-0.39, 0.29) is 30.0 Å². The number of ether oxygens (including phenoxy) is 2. The molecule has 0 bridgehead atoms. The van der Waals surface area contributed by atoms with Crippen molar-refractivity contribution in [3.63, 3.8) is 0 Å². The number of nitrogens with one attached hydrogen (secondary N) is 3. The first kappa shape index (κ1) is 32.4. The smallest absolute Gasteiger partial charge is 0.410 e. The molecule has 10 nitrogen and oxygen atoms in total. The molecule has 2 aromatic carbocycles. The molecule has 3 aromatic rings. The molecule has 0 spiro atoms. The Kier molecular flexibility index (Phi) is 10.0. The van der Waals surface area contributed by atoms with Crippen LogP contribution in [0.2, 0.25) is 0 Å². The van der Waals surface area contributed by atoms with Gasteiger partial charge in [-0.1, -0.05) is 24.3 Å². The minimum atomic E-state index is -0.920. The Labute approximate surface area is 262 Å². The SMILES string of the molecule is COC(C[C@@H]1CNC[C@H]1NC(=O)Nc1cc(C2CCN(C(=O)OC(C)(C)C)CC2)nn1-c1ccccc1)c1ccc(F)c(F)c1. The van der Waals surface area contributed by atoms with E-state index in [0.29, 0.717) is 44.0 Å². The molecule has 1 aromatic heterocycles. The van der Waals surface area contributed by atoms with Crippen LogP contribution >= 0.6 is 0 Å². The molecule has 2 aliphatic rings. The number of halogens is 2. The second-order valence-corrected chi connectivity index (χ2v) is 12.7. The van der Waals surface area contributed by atoms with Crippen LogP contribution in [-0.4, -0.2) is 71.7 Å². The van der Waals surface area contributed by atoms with Crippen molar-refractivity contribution in [3.8, 4) is 5.69 Å². The number of anilines is 1. The fourth-order valence-electron chi connectivity index (χ4n) is 5.96. The van der Waals surface area contributed by atoms with Crippen molar-refractivity contribution in [3.05, 3.63) is 77.5 Å². The number of benzene rings is 2. The van der Waals surface area contributed by atoms with Crippen molar-refractivity contribution in [2.45, 2.75) is 63.7 Å². The molecule has 2 saturated heterocycles. The Bertz CT molecular complexity index is 1470. The van der Waals surface area contributed by atoms with Crippen LogP contribution in [0.1, 0.15) is 63.3 Å². The van der Waals surface area contributed by atoms with Crippen molar-refractivity contribution in [2.24, 2.45) is 5.92 Å². The minimum absolute atomic E-state index is 0.00133. The van der Waals surface area contributed by atoms with Crippen LogP contribution in [-0.2, 0) is 9.47 Å². The summed E-state index contributed by atoms with van der Waals surface area (Å²) in [6, 6.07) is 14.7. The summed E-state index contributed by atoms with van der Waals surface area (Å²) in [6.07, 6.45) is 1.19. The normalized spacial score (nSPS) is 19.7. The maximum atomic E-state index is 13.9. The quantitative estimate of drug-likeness (QED) is 0.295. The molecule has 0 aliphatic carbocycles. The molecule has 0 radical (unpaired) electrons. The van der Waals surface area contributed by atoms with Crippen LogP contribution in [0.25, 0.3) is 5.69 Å². The molecular weight excluding hydrogens is 582 g/mol. The number of aromatic nitrogens is 2. The Hall–Kier alpha value is -4.03. The zero-order valence-corrected chi connectivity index (χ0v) is 26.2. The highest BCUT2D eigenvalue weighted by Gasteiger charge is 2.33. The van der Waals surface area contributed by atoms with Gasteiger partial charge in [-0.25, -0.2) is 23.1 Å². The van der Waals surface area contributed by atoms with E-state index in [0.717, 1.165) is 36.4 Å². The maximum absolute atomic E-state index is 13.9. The van der Waals surface area contributed by atoms with E-state index < -0.39 is 23.3 Å². The van der Waals surface area contributed by atoms with Gasteiger partial charge in [0.2, 0.25) is 0 Å². The first-order valence-electron chi connectivity index (χ1n) is 15.4. The molecule has 12 heteroatoms. The third-order valence-corrected chi connectivity index (χ3v) is 8.31. The number of methoxy groups -OCH3 is 1. The fraction of sp³-hybridized carbons (Fsp3) is 0.485. The number of rotatable bonds is 8. The van der Waals surface area contributed by atoms with E-state index in [1.165, 1.54) is 13.2 Å². The van der Waals surface area contributed by atoms with E-state index in [2.05, 4.69) is 16.0 Å². The highest BCUT2D eigenvalue weighted by atomic mass is 19.2. The summed E-state index contributed by atoms with van der Waals surface area (Å²) in [5.41, 5.74) is 1.64. The van der Waals surface area contributed by atoms with Crippen LogP contribution in [0, 0.1) is 17.6 Å². The first-order valence-corrected chi connectivity index (χ1v) is 15.4. The third kappa shape index (κ3) is 8.17. The fourth-order valence-corrected chi connectivity index (χ4v) is 5.96. The maximum Gasteiger partial charge on any atom is 0.410 e.